The predicted octanol–water partition coefficient (Wildman–Crippen LogP) is 2.24. The highest BCUT2D eigenvalue weighted by Crippen LogP contribution is 2.57. The number of ether oxygens (including phenoxy) is 3. The summed E-state index contributed by atoms with van der Waals surface area (Å²) in [6.07, 6.45) is 3.25. The Kier molecular flexibility index (Phi) is 10.7. The van der Waals surface area contributed by atoms with Crippen molar-refractivity contribution in [2.24, 2.45) is 16.7 Å². The minimum atomic E-state index is -3.88. The maximum atomic E-state index is 14.4. The number of aromatic nitrogens is 1. The Morgan fingerprint density at radius 2 is 1.86 bits per heavy atom. The number of carbonyl (C=O) groups excluding carboxylic acids is 5. The second kappa shape index (κ2) is 14.5. The van der Waals surface area contributed by atoms with Gasteiger partial charge in [0, 0.05) is 24.4 Å². The van der Waals surface area contributed by atoms with Gasteiger partial charge in [-0.15, -0.1) is 6.58 Å². The van der Waals surface area contributed by atoms with Gasteiger partial charge in [-0.25, -0.2) is 18.2 Å². The molecule has 3 aliphatic rings. The summed E-state index contributed by atoms with van der Waals surface area (Å²) in [5.74, 6) is -2.01. The fourth-order valence-electron chi connectivity index (χ4n) is 6.47. The molecule has 2 saturated carbocycles. The predicted molar refractivity (Wildman–Crippen MR) is 185 cm³/mol. The molecule has 276 valence electrons. The van der Waals surface area contributed by atoms with Gasteiger partial charge in [0.15, 0.2) is 5.78 Å². The lowest BCUT2D eigenvalue weighted by Gasteiger charge is -2.35. The second-order valence-corrected chi connectivity index (χ2v) is 16.4. The number of urea groups is 1. The number of benzene rings is 1. The van der Waals surface area contributed by atoms with E-state index < -0.39 is 86.4 Å². The Morgan fingerprint density at radius 1 is 1.14 bits per heavy atom. The lowest BCUT2D eigenvalue weighted by molar-refractivity contribution is -0.142. The van der Waals surface area contributed by atoms with Crippen LogP contribution in [0.1, 0.15) is 52.9 Å². The average molecular weight is 728 g/mol. The van der Waals surface area contributed by atoms with Crippen molar-refractivity contribution in [1.29, 1.82) is 0 Å². The van der Waals surface area contributed by atoms with Crippen LogP contribution in [-0.2, 0) is 33.9 Å². The van der Waals surface area contributed by atoms with Crippen LogP contribution in [-0.4, -0.2) is 98.6 Å². The molecule has 1 aliphatic heterocycles. The molecular formula is C35H45N5O10S. The first-order chi connectivity index (χ1) is 24.0. The highest BCUT2D eigenvalue weighted by molar-refractivity contribution is 7.90. The topological polar surface area (TPSA) is 199 Å². The van der Waals surface area contributed by atoms with Crippen LogP contribution in [0.5, 0.6) is 11.6 Å². The van der Waals surface area contributed by atoms with Gasteiger partial charge in [-0.05, 0) is 60.2 Å². The van der Waals surface area contributed by atoms with Crippen molar-refractivity contribution in [3.05, 3.63) is 43.1 Å². The SMILES string of the molecule is C=C[C@@H]1C[C@]1(CC(=O)[C@@H]1C[C@@H](Oc2nccc3cc(OC)ccc23)CN1C(=O)[C@@H](NC(=O)NCC(=O)OC)C(C)(C)C)C(=O)NS(=O)(=O)C1CC1. The van der Waals surface area contributed by atoms with Gasteiger partial charge in [0.05, 0.1) is 37.5 Å². The zero-order valence-electron chi connectivity index (χ0n) is 29.4. The molecule has 5 atom stereocenters. The Labute approximate surface area is 296 Å². The van der Waals surface area contributed by atoms with E-state index in [0.717, 1.165) is 5.39 Å². The first kappa shape index (κ1) is 37.5. The van der Waals surface area contributed by atoms with E-state index in [0.29, 0.717) is 24.0 Å². The summed E-state index contributed by atoms with van der Waals surface area (Å²) in [5, 5.41) is 5.86. The maximum Gasteiger partial charge on any atom is 0.325 e. The van der Waals surface area contributed by atoms with Crippen LogP contribution in [0.4, 0.5) is 4.79 Å². The van der Waals surface area contributed by atoms with Gasteiger partial charge >= 0.3 is 12.0 Å². The van der Waals surface area contributed by atoms with Crippen molar-refractivity contribution < 1.29 is 46.6 Å². The van der Waals surface area contributed by atoms with E-state index in [9.17, 15) is 32.4 Å². The largest absolute Gasteiger partial charge is 0.497 e. The summed E-state index contributed by atoms with van der Waals surface area (Å²) < 4.78 is 43.8. The number of allylic oxidation sites excluding steroid dienone is 1. The summed E-state index contributed by atoms with van der Waals surface area (Å²) in [4.78, 5) is 72.4. The molecule has 0 unspecified atom stereocenters. The lowest BCUT2D eigenvalue weighted by Crippen LogP contribution is -2.58. The minimum Gasteiger partial charge on any atom is -0.497 e. The molecule has 1 saturated heterocycles. The number of amides is 4. The number of pyridine rings is 1. The molecule has 1 aromatic heterocycles. The van der Waals surface area contributed by atoms with Crippen molar-refractivity contribution in [1.82, 2.24) is 25.2 Å². The van der Waals surface area contributed by atoms with Gasteiger partial charge in [-0.1, -0.05) is 26.8 Å². The van der Waals surface area contributed by atoms with Crippen LogP contribution in [0.25, 0.3) is 10.8 Å². The minimum absolute atomic E-state index is 0.0427. The van der Waals surface area contributed by atoms with Gasteiger partial charge in [-0.2, -0.15) is 0 Å². The summed E-state index contributed by atoms with van der Waals surface area (Å²) >= 11 is 0. The van der Waals surface area contributed by atoms with Crippen LogP contribution in [0.15, 0.2) is 43.1 Å². The molecule has 0 radical (unpaired) electrons. The van der Waals surface area contributed by atoms with Crippen molar-refractivity contribution >= 4 is 50.4 Å². The summed E-state index contributed by atoms with van der Waals surface area (Å²) in [7, 11) is -1.14. The normalized spacial score (nSPS) is 23.5. The molecule has 2 aromatic rings. The van der Waals surface area contributed by atoms with Crippen LogP contribution < -0.4 is 24.8 Å². The van der Waals surface area contributed by atoms with Crippen LogP contribution in [0.3, 0.4) is 0 Å². The molecule has 1 aromatic carbocycles. The average Bonchev–Trinajstić information content (AvgIpc) is 4.02. The van der Waals surface area contributed by atoms with Gasteiger partial charge in [0.2, 0.25) is 27.7 Å². The first-order valence-electron chi connectivity index (χ1n) is 16.8. The molecule has 3 fully saturated rings. The highest BCUT2D eigenvalue weighted by Gasteiger charge is 2.61. The molecule has 51 heavy (non-hydrogen) atoms. The van der Waals surface area contributed by atoms with E-state index in [1.165, 1.54) is 18.1 Å². The van der Waals surface area contributed by atoms with Crippen LogP contribution in [0.2, 0.25) is 0 Å². The molecule has 4 amide bonds. The molecular weight excluding hydrogens is 682 g/mol. The Bertz CT molecular complexity index is 1840. The number of likely N-dealkylation sites (tertiary alicyclic amines) is 1. The third kappa shape index (κ3) is 8.26. The van der Waals surface area contributed by atoms with Crippen LogP contribution >= 0.6 is 0 Å². The van der Waals surface area contributed by atoms with Gasteiger partial charge < -0.3 is 29.7 Å². The smallest absolute Gasteiger partial charge is 0.325 e. The van der Waals surface area contributed by atoms with E-state index in [4.69, 9.17) is 9.47 Å². The standard InChI is InChI=1S/C35H45N5O10S/c1-7-21-16-35(21,32(44)39-51(46,47)24-9-10-24)17-27(41)26-15-23(50-30-25-11-8-22(48-5)14-20(25)12-13-36-30)19-40(26)31(43)29(34(2,3)4)38-33(45)37-18-28(42)49-6/h7-8,11-14,21,23-24,26,29H,1,9-10,15-19H2,2-6H3,(H,39,44)(H2,37,38,45)/t21-,23-,26+,29-,35-/m1/s1. The third-order valence-corrected chi connectivity index (χ3v) is 11.5. The molecule has 16 heteroatoms. The van der Waals surface area contributed by atoms with Gasteiger partial charge in [-0.3, -0.25) is 23.9 Å². The quantitative estimate of drug-likeness (QED) is 0.191. The lowest BCUT2D eigenvalue weighted by atomic mass is 9.85. The van der Waals surface area contributed by atoms with Crippen molar-refractivity contribution in [2.75, 3.05) is 27.3 Å². The zero-order chi connectivity index (χ0) is 37.3. The van der Waals surface area contributed by atoms with Crippen LogP contribution in [0, 0.1) is 16.7 Å². The number of fused-ring (bicyclic) bond motifs is 1. The Morgan fingerprint density at radius 3 is 2.47 bits per heavy atom. The fraction of sp³-hybridized carbons (Fsp3) is 0.543. The number of nitrogens with one attached hydrogen (secondary N) is 3. The molecule has 2 aliphatic carbocycles. The Hall–Kier alpha value is -4.73. The molecule has 0 spiro atoms. The molecule has 2 heterocycles. The van der Waals surface area contributed by atoms with Crippen molar-refractivity contribution in [2.45, 2.75) is 76.3 Å². The number of Topliss-reactive ketones (excluding diaryl/α,β-unsaturated/α-hetero) is 1. The van der Waals surface area contributed by atoms with Crippen molar-refractivity contribution in [3.63, 3.8) is 0 Å². The number of esters is 1. The first-order valence-corrected chi connectivity index (χ1v) is 18.3. The summed E-state index contributed by atoms with van der Waals surface area (Å²) in [5.41, 5.74) is -2.19. The monoisotopic (exact) mass is 727 g/mol. The molecule has 3 N–H and O–H groups in total. The van der Waals surface area contributed by atoms with E-state index in [1.807, 2.05) is 6.07 Å². The number of rotatable bonds is 14. The molecule has 5 rings (SSSR count). The van der Waals surface area contributed by atoms with Gasteiger partial charge in [0.1, 0.15) is 24.4 Å². The number of nitrogens with zero attached hydrogens (tertiary/aromatic N) is 2. The summed E-state index contributed by atoms with van der Waals surface area (Å²) in [6, 6.07) is 4.14. The Balaban J connectivity index is 1.43. The van der Waals surface area contributed by atoms with Crippen molar-refractivity contribution in [3.8, 4) is 11.6 Å². The summed E-state index contributed by atoms with van der Waals surface area (Å²) in [6.45, 7) is 8.52. The number of hydrogen-bond acceptors (Lipinski definition) is 11. The molecule has 0 bridgehead atoms. The molecule has 15 nitrogen and oxygen atoms in total. The van der Waals surface area contributed by atoms with E-state index in [2.05, 4.69) is 31.7 Å². The number of sulfonamides is 1. The zero-order valence-corrected chi connectivity index (χ0v) is 30.2. The van der Waals surface area contributed by atoms with E-state index in [1.54, 1.807) is 52.3 Å². The number of carbonyl (C=O) groups is 5. The van der Waals surface area contributed by atoms with E-state index in [-0.39, 0.29) is 31.7 Å². The number of methoxy groups -OCH3 is 2. The van der Waals surface area contributed by atoms with Gasteiger partial charge in [0.25, 0.3) is 0 Å². The second-order valence-electron chi connectivity index (χ2n) is 14.4. The fourth-order valence-corrected chi connectivity index (χ4v) is 7.85. The third-order valence-electron chi connectivity index (χ3n) is 9.70. The number of hydrogen-bond donors (Lipinski definition) is 3. The maximum absolute atomic E-state index is 14.4. The van der Waals surface area contributed by atoms with E-state index >= 15 is 0 Å². The highest BCUT2D eigenvalue weighted by atomic mass is 32.2. The number of ketones is 1.